The maximum Gasteiger partial charge on any atom is 0.0897 e. The second-order valence-electron chi connectivity index (χ2n) is 4.90. The van der Waals surface area contributed by atoms with Gasteiger partial charge in [-0.05, 0) is 44.4 Å². The summed E-state index contributed by atoms with van der Waals surface area (Å²) < 4.78 is 0. The van der Waals surface area contributed by atoms with Crippen LogP contribution in [0.5, 0.6) is 0 Å². The molecule has 1 aliphatic rings. The molecule has 2 nitrogen and oxygen atoms in total. The predicted molar refractivity (Wildman–Crippen MR) is 65.0 cm³/mol. The molecule has 1 fully saturated rings. The third-order valence-corrected chi connectivity index (χ3v) is 4.26. The zero-order valence-electron chi connectivity index (χ0n) is 9.57. The molecule has 2 rings (SSSR count). The molecule has 84 valence electrons. The van der Waals surface area contributed by atoms with Crippen LogP contribution in [-0.4, -0.2) is 11.0 Å². The summed E-state index contributed by atoms with van der Waals surface area (Å²) in [5.74, 6) is 1.49. The molecule has 1 saturated carbocycles. The topological polar surface area (TPSA) is 38.9 Å². The third kappa shape index (κ3) is 2.79. The minimum atomic E-state index is 0.392. The van der Waals surface area contributed by atoms with E-state index in [9.17, 15) is 0 Å². The second-order valence-corrected chi connectivity index (χ2v) is 5.97. The minimum Gasteiger partial charge on any atom is -0.327 e. The summed E-state index contributed by atoms with van der Waals surface area (Å²) in [6.45, 7) is 4.41. The van der Waals surface area contributed by atoms with Gasteiger partial charge in [0.1, 0.15) is 0 Å². The predicted octanol–water partition coefficient (Wildman–Crippen LogP) is 2.76. The van der Waals surface area contributed by atoms with Crippen molar-refractivity contribution in [3.8, 4) is 0 Å². The molecule has 0 radical (unpaired) electrons. The fourth-order valence-corrected chi connectivity index (χ4v) is 3.15. The van der Waals surface area contributed by atoms with Gasteiger partial charge in [0.15, 0.2) is 0 Å². The third-order valence-electron chi connectivity index (χ3n) is 3.44. The molecule has 15 heavy (non-hydrogen) atoms. The van der Waals surface area contributed by atoms with Crippen LogP contribution in [0.3, 0.4) is 0 Å². The van der Waals surface area contributed by atoms with Crippen molar-refractivity contribution in [2.75, 3.05) is 0 Å². The molecule has 0 aliphatic heterocycles. The van der Waals surface area contributed by atoms with E-state index in [0.717, 1.165) is 12.3 Å². The molecule has 0 bridgehead atoms. The van der Waals surface area contributed by atoms with Crippen molar-refractivity contribution in [2.45, 2.75) is 45.6 Å². The van der Waals surface area contributed by atoms with E-state index in [1.165, 1.54) is 30.0 Å². The van der Waals surface area contributed by atoms with Gasteiger partial charge < -0.3 is 5.73 Å². The first-order valence-corrected chi connectivity index (χ1v) is 6.69. The Morgan fingerprint density at radius 1 is 1.53 bits per heavy atom. The number of thiazole rings is 1. The van der Waals surface area contributed by atoms with Gasteiger partial charge in [-0.1, -0.05) is 6.92 Å². The van der Waals surface area contributed by atoms with Crippen molar-refractivity contribution in [3.63, 3.8) is 0 Å². The first-order chi connectivity index (χ1) is 7.15. The number of rotatable bonds is 2. The second kappa shape index (κ2) is 4.62. The Kier molecular flexibility index (Phi) is 3.42. The molecule has 0 amide bonds. The maximum absolute atomic E-state index is 6.17. The van der Waals surface area contributed by atoms with Gasteiger partial charge in [-0.3, -0.25) is 0 Å². The van der Waals surface area contributed by atoms with Gasteiger partial charge in [-0.15, -0.1) is 11.3 Å². The number of nitrogens with zero attached hydrogens (tertiary/aromatic N) is 1. The van der Waals surface area contributed by atoms with Crippen molar-refractivity contribution in [3.05, 3.63) is 16.1 Å². The molecular weight excluding hydrogens is 204 g/mol. The lowest BCUT2D eigenvalue weighted by atomic mass is 9.77. The number of aromatic nitrogens is 1. The zero-order valence-corrected chi connectivity index (χ0v) is 10.4. The van der Waals surface area contributed by atoms with E-state index >= 15 is 0 Å². The number of aryl methyl sites for hydroxylation is 1. The van der Waals surface area contributed by atoms with Gasteiger partial charge in [0.05, 0.1) is 10.7 Å². The summed E-state index contributed by atoms with van der Waals surface area (Å²) >= 11 is 1.74. The van der Waals surface area contributed by atoms with Crippen molar-refractivity contribution in [2.24, 2.45) is 17.6 Å². The van der Waals surface area contributed by atoms with Crippen molar-refractivity contribution in [1.29, 1.82) is 0 Å². The lowest BCUT2D eigenvalue weighted by molar-refractivity contribution is 0.243. The maximum atomic E-state index is 6.17. The van der Waals surface area contributed by atoms with Gasteiger partial charge in [0, 0.05) is 11.4 Å². The molecule has 1 aliphatic carbocycles. The fourth-order valence-electron chi connectivity index (χ4n) is 2.53. The van der Waals surface area contributed by atoms with Crippen LogP contribution in [0.2, 0.25) is 0 Å². The number of nitrogens with two attached hydrogens (primary N) is 1. The van der Waals surface area contributed by atoms with E-state index in [4.69, 9.17) is 5.73 Å². The van der Waals surface area contributed by atoms with Crippen molar-refractivity contribution < 1.29 is 0 Å². The summed E-state index contributed by atoms with van der Waals surface area (Å²) in [5.41, 5.74) is 7.41. The monoisotopic (exact) mass is 224 g/mol. The highest BCUT2D eigenvalue weighted by atomic mass is 32.1. The highest BCUT2D eigenvalue weighted by Gasteiger charge is 2.26. The van der Waals surface area contributed by atoms with Crippen LogP contribution < -0.4 is 5.73 Å². The van der Waals surface area contributed by atoms with Gasteiger partial charge in [-0.25, -0.2) is 4.98 Å². The summed E-state index contributed by atoms with van der Waals surface area (Å²) in [6.07, 6.45) is 4.84. The highest BCUT2D eigenvalue weighted by molar-refractivity contribution is 7.09. The number of hydrogen-bond acceptors (Lipinski definition) is 3. The molecule has 3 heteroatoms. The standard InChI is InChI=1S/C12H20N2S/c1-8-3-4-12(13)10(5-8)6-11-7-15-9(2)14-11/h7-8,10,12H,3-6,13H2,1-2H3. The molecule has 1 heterocycles. The summed E-state index contributed by atoms with van der Waals surface area (Å²) in [5, 5.41) is 3.35. The Balaban J connectivity index is 1.98. The fraction of sp³-hybridized carbons (Fsp3) is 0.750. The van der Waals surface area contributed by atoms with E-state index < -0.39 is 0 Å². The molecule has 2 N–H and O–H groups in total. The van der Waals surface area contributed by atoms with Crippen LogP contribution in [0, 0.1) is 18.8 Å². The van der Waals surface area contributed by atoms with Gasteiger partial charge in [-0.2, -0.15) is 0 Å². The Labute approximate surface area is 95.9 Å². The normalized spacial score (nSPS) is 31.8. The molecule has 0 aromatic carbocycles. The van der Waals surface area contributed by atoms with Crippen LogP contribution in [0.4, 0.5) is 0 Å². The highest BCUT2D eigenvalue weighted by Crippen LogP contribution is 2.30. The zero-order chi connectivity index (χ0) is 10.8. The van der Waals surface area contributed by atoms with Crippen LogP contribution in [0.1, 0.15) is 36.9 Å². The van der Waals surface area contributed by atoms with Gasteiger partial charge >= 0.3 is 0 Å². The lowest BCUT2D eigenvalue weighted by Crippen LogP contribution is -2.36. The Morgan fingerprint density at radius 3 is 3.00 bits per heavy atom. The minimum absolute atomic E-state index is 0.392. The largest absolute Gasteiger partial charge is 0.327 e. The first kappa shape index (κ1) is 11.1. The summed E-state index contributed by atoms with van der Waals surface area (Å²) in [6, 6.07) is 0.392. The Morgan fingerprint density at radius 2 is 2.33 bits per heavy atom. The van der Waals surface area contributed by atoms with Crippen molar-refractivity contribution in [1.82, 2.24) is 4.98 Å². The van der Waals surface area contributed by atoms with E-state index in [-0.39, 0.29) is 0 Å². The molecule has 0 saturated heterocycles. The van der Waals surface area contributed by atoms with E-state index in [1.54, 1.807) is 11.3 Å². The van der Waals surface area contributed by atoms with Crippen molar-refractivity contribution >= 4 is 11.3 Å². The first-order valence-electron chi connectivity index (χ1n) is 5.81. The van der Waals surface area contributed by atoms with Crippen LogP contribution in [0.15, 0.2) is 5.38 Å². The van der Waals surface area contributed by atoms with E-state index in [0.29, 0.717) is 12.0 Å². The van der Waals surface area contributed by atoms with Crippen LogP contribution in [0.25, 0.3) is 0 Å². The van der Waals surface area contributed by atoms with Gasteiger partial charge in [0.2, 0.25) is 0 Å². The SMILES string of the molecule is Cc1nc(CC2CC(C)CCC2N)cs1. The van der Waals surface area contributed by atoms with Crippen LogP contribution in [-0.2, 0) is 6.42 Å². The average Bonchev–Trinajstić information content (AvgIpc) is 2.58. The van der Waals surface area contributed by atoms with Crippen LogP contribution >= 0.6 is 11.3 Å². The van der Waals surface area contributed by atoms with Gasteiger partial charge in [0.25, 0.3) is 0 Å². The Hall–Kier alpha value is -0.410. The summed E-state index contributed by atoms with van der Waals surface area (Å²) in [4.78, 5) is 4.53. The number of hydrogen-bond donors (Lipinski definition) is 1. The molecular formula is C12H20N2S. The average molecular weight is 224 g/mol. The molecule has 3 atom stereocenters. The molecule has 1 aromatic rings. The van der Waals surface area contributed by atoms with E-state index in [2.05, 4.69) is 24.2 Å². The van der Waals surface area contributed by atoms with E-state index in [1.807, 2.05) is 0 Å². The Bertz CT molecular complexity index is 321. The summed E-state index contributed by atoms with van der Waals surface area (Å²) in [7, 11) is 0. The smallest absolute Gasteiger partial charge is 0.0897 e. The molecule has 3 unspecified atom stereocenters. The lowest BCUT2D eigenvalue weighted by Gasteiger charge is -2.32. The quantitative estimate of drug-likeness (QED) is 0.839. The molecule has 1 aromatic heterocycles. The molecule has 0 spiro atoms.